The smallest absolute Gasteiger partial charge is 0.285 e. The first kappa shape index (κ1) is 15.4. The van der Waals surface area contributed by atoms with E-state index in [0.717, 1.165) is 0 Å². The van der Waals surface area contributed by atoms with Crippen molar-refractivity contribution in [1.82, 2.24) is 4.90 Å². The summed E-state index contributed by atoms with van der Waals surface area (Å²) in [7, 11) is 0. The van der Waals surface area contributed by atoms with Crippen LogP contribution in [0.1, 0.15) is 22.8 Å². The van der Waals surface area contributed by atoms with E-state index in [-0.39, 0.29) is 29.3 Å². The number of carbonyl (C=O) groups excluding carboxylic acids is 1. The maximum Gasteiger partial charge on any atom is 0.285 e. The Hall–Kier alpha value is -1.99. The van der Waals surface area contributed by atoms with Crippen molar-refractivity contribution in [2.45, 2.75) is 26.0 Å². The van der Waals surface area contributed by atoms with Crippen molar-refractivity contribution in [3.05, 3.63) is 39.4 Å². The largest absolute Gasteiger partial charge is 0.373 e. The predicted octanol–water partition coefficient (Wildman–Crippen LogP) is 1.09. The lowest BCUT2D eigenvalue weighted by molar-refractivity contribution is -0.385. The van der Waals surface area contributed by atoms with Crippen LogP contribution in [0.15, 0.2) is 18.2 Å². The molecule has 0 radical (unpaired) electrons. The Kier molecular flexibility index (Phi) is 4.54. The molecule has 1 aromatic rings. The van der Waals surface area contributed by atoms with Crippen molar-refractivity contribution in [1.29, 1.82) is 0 Å². The zero-order chi connectivity index (χ0) is 15.6. The van der Waals surface area contributed by atoms with Crippen molar-refractivity contribution < 1.29 is 14.5 Å². The van der Waals surface area contributed by atoms with E-state index in [1.807, 2.05) is 6.92 Å². The number of benzene rings is 1. The Labute approximate surface area is 122 Å². The number of rotatable bonds is 3. The highest BCUT2D eigenvalue weighted by Crippen LogP contribution is 2.25. The average molecular weight is 293 g/mol. The summed E-state index contributed by atoms with van der Waals surface area (Å²) in [5.74, 6) is -0.348. The predicted molar refractivity (Wildman–Crippen MR) is 77.1 cm³/mol. The van der Waals surface area contributed by atoms with Crippen LogP contribution in [-0.4, -0.2) is 47.6 Å². The van der Waals surface area contributed by atoms with Crippen molar-refractivity contribution in [3.8, 4) is 0 Å². The van der Waals surface area contributed by atoms with Crippen LogP contribution in [0.2, 0.25) is 0 Å². The summed E-state index contributed by atoms with van der Waals surface area (Å²) in [4.78, 5) is 24.8. The normalized spacial score (nSPS) is 20.1. The molecule has 21 heavy (non-hydrogen) atoms. The lowest BCUT2D eigenvalue weighted by Crippen LogP contribution is -2.51. The Bertz CT molecular complexity index is 559. The number of aryl methyl sites for hydroxylation is 1. The molecule has 2 unspecified atom stereocenters. The zero-order valence-corrected chi connectivity index (χ0v) is 12.1. The van der Waals surface area contributed by atoms with Crippen LogP contribution in [0, 0.1) is 17.0 Å². The second-order valence-corrected chi connectivity index (χ2v) is 5.25. The van der Waals surface area contributed by atoms with Gasteiger partial charge in [-0.05, 0) is 19.9 Å². The molecule has 2 atom stereocenters. The second-order valence-electron chi connectivity index (χ2n) is 5.25. The van der Waals surface area contributed by atoms with Crippen molar-refractivity contribution in [3.63, 3.8) is 0 Å². The molecule has 0 aliphatic carbocycles. The summed E-state index contributed by atoms with van der Waals surface area (Å²) >= 11 is 0. The van der Waals surface area contributed by atoms with Gasteiger partial charge in [0.25, 0.3) is 11.6 Å². The molecule has 1 heterocycles. The molecule has 2 N–H and O–H groups in total. The van der Waals surface area contributed by atoms with Crippen LogP contribution in [0.3, 0.4) is 0 Å². The minimum Gasteiger partial charge on any atom is -0.373 e. The molecule has 1 saturated heterocycles. The third kappa shape index (κ3) is 3.20. The number of ether oxygens (including phenoxy) is 1. The Morgan fingerprint density at radius 1 is 1.57 bits per heavy atom. The molecule has 0 saturated carbocycles. The van der Waals surface area contributed by atoms with E-state index >= 15 is 0 Å². The molecule has 2 rings (SSSR count). The summed E-state index contributed by atoms with van der Waals surface area (Å²) in [6.07, 6.45) is -0.244. The summed E-state index contributed by atoms with van der Waals surface area (Å²) in [6.45, 7) is 4.58. The number of nitrogens with two attached hydrogens (primary N) is 1. The number of nitrogens with zero attached hydrogens (tertiary/aromatic N) is 2. The number of carbonyl (C=O) groups is 1. The van der Waals surface area contributed by atoms with Gasteiger partial charge >= 0.3 is 0 Å². The van der Waals surface area contributed by atoms with Gasteiger partial charge in [-0.25, -0.2) is 0 Å². The zero-order valence-electron chi connectivity index (χ0n) is 12.1. The fourth-order valence-corrected chi connectivity index (χ4v) is 2.42. The third-order valence-electron chi connectivity index (χ3n) is 3.62. The third-order valence-corrected chi connectivity index (χ3v) is 3.62. The van der Waals surface area contributed by atoms with Gasteiger partial charge in [-0.1, -0.05) is 12.1 Å². The van der Waals surface area contributed by atoms with E-state index in [9.17, 15) is 14.9 Å². The van der Waals surface area contributed by atoms with E-state index in [0.29, 0.717) is 25.3 Å². The lowest BCUT2D eigenvalue weighted by Gasteiger charge is -2.34. The van der Waals surface area contributed by atoms with Crippen LogP contribution in [0.4, 0.5) is 5.69 Å². The van der Waals surface area contributed by atoms with Crippen molar-refractivity contribution in [2.24, 2.45) is 5.73 Å². The lowest BCUT2D eigenvalue weighted by atomic mass is 10.1. The molecular weight excluding hydrogens is 274 g/mol. The number of morpholine rings is 1. The number of amides is 1. The van der Waals surface area contributed by atoms with Crippen LogP contribution in [-0.2, 0) is 4.74 Å². The minimum atomic E-state index is -0.508. The summed E-state index contributed by atoms with van der Waals surface area (Å²) in [6, 6.07) is 4.56. The van der Waals surface area contributed by atoms with Gasteiger partial charge in [-0.3, -0.25) is 14.9 Å². The molecule has 1 fully saturated rings. The molecule has 114 valence electrons. The maximum atomic E-state index is 12.6. The minimum absolute atomic E-state index is 0.116. The van der Waals surface area contributed by atoms with Crippen LogP contribution in [0.25, 0.3) is 0 Å². The first-order valence-corrected chi connectivity index (χ1v) is 6.82. The molecule has 1 aliphatic rings. The van der Waals surface area contributed by atoms with Gasteiger partial charge in [0.15, 0.2) is 0 Å². The van der Waals surface area contributed by atoms with Crippen molar-refractivity contribution in [2.75, 3.05) is 19.7 Å². The number of para-hydroxylation sites is 1. The number of nitro groups is 1. The van der Waals surface area contributed by atoms with E-state index in [1.165, 1.54) is 6.07 Å². The fourth-order valence-electron chi connectivity index (χ4n) is 2.42. The number of hydrogen-bond donors (Lipinski definition) is 1. The van der Waals surface area contributed by atoms with E-state index < -0.39 is 4.92 Å². The van der Waals surface area contributed by atoms with Gasteiger partial charge in [-0.2, -0.15) is 0 Å². The highest BCUT2D eigenvalue weighted by atomic mass is 16.6. The molecular formula is C14H19N3O4. The Morgan fingerprint density at radius 2 is 2.29 bits per heavy atom. The monoisotopic (exact) mass is 293 g/mol. The number of hydrogen-bond acceptors (Lipinski definition) is 5. The van der Waals surface area contributed by atoms with Gasteiger partial charge in [0.2, 0.25) is 0 Å². The second kappa shape index (κ2) is 6.19. The summed E-state index contributed by atoms with van der Waals surface area (Å²) in [5, 5.41) is 11.2. The standard InChI is InChI=1S/C14H19N3O4/c1-9-4-3-5-11(13(9)17(19)20)14(18)16-6-7-21-12(8-16)10(2)15/h3-5,10,12H,6-8,15H2,1-2H3. The average Bonchev–Trinajstić information content (AvgIpc) is 2.45. The summed E-state index contributed by atoms with van der Waals surface area (Å²) in [5.41, 5.74) is 6.26. The first-order chi connectivity index (χ1) is 9.91. The van der Waals surface area contributed by atoms with Gasteiger partial charge in [0.1, 0.15) is 5.56 Å². The van der Waals surface area contributed by atoms with E-state index in [4.69, 9.17) is 10.5 Å². The van der Waals surface area contributed by atoms with Crippen molar-refractivity contribution >= 4 is 11.6 Å². The highest BCUT2D eigenvalue weighted by Gasteiger charge is 2.31. The summed E-state index contributed by atoms with van der Waals surface area (Å²) < 4.78 is 5.50. The van der Waals surface area contributed by atoms with Gasteiger partial charge in [-0.15, -0.1) is 0 Å². The Balaban J connectivity index is 2.28. The molecule has 1 amide bonds. The van der Waals surface area contributed by atoms with Gasteiger partial charge < -0.3 is 15.4 Å². The molecule has 7 heteroatoms. The molecule has 1 aliphatic heterocycles. The molecule has 0 aromatic heterocycles. The van der Waals surface area contributed by atoms with E-state index in [1.54, 1.807) is 24.0 Å². The Morgan fingerprint density at radius 3 is 2.90 bits per heavy atom. The molecule has 7 nitrogen and oxygen atoms in total. The fraction of sp³-hybridized carbons (Fsp3) is 0.500. The van der Waals surface area contributed by atoms with Crippen LogP contribution in [0.5, 0.6) is 0 Å². The topological polar surface area (TPSA) is 98.7 Å². The first-order valence-electron chi connectivity index (χ1n) is 6.82. The maximum absolute atomic E-state index is 12.6. The molecule has 0 bridgehead atoms. The molecule has 0 spiro atoms. The van der Waals surface area contributed by atoms with Gasteiger partial charge in [0.05, 0.1) is 17.6 Å². The van der Waals surface area contributed by atoms with Crippen LogP contribution < -0.4 is 5.73 Å². The highest BCUT2D eigenvalue weighted by molar-refractivity contribution is 5.98. The SMILES string of the molecule is Cc1cccc(C(=O)N2CCOC(C(C)N)C2)c1[N+](=O)[O-]. The molecule has 1 aromatic carbocycles. The van der Waals surface area contributed by atoms with Gasteiger partial charge in [0, 0.05) is 24.7 Å². The number of nitro benzene ring substituents is 1. The quantitative estimate of drug-likeness (QED) is 0.664. The van der Waals surface area contributed by atoms with E-state index in [2.05, 4.69) is 0 Å². The van der Waals surface area contributed by atoms with Crippen LogP contribution >= 0.6 is 0 Å².